The Kier molecular flexibility index (Phi) is 4.95. The summed E-state index contributed by atoms with van der Waals surface area (Å²) in [6.07, 6.45) is 0.881. The fraction of sp³-hybridized carbons (Fsp3) is 1.00. The van der Waals surface area contributed by atoms with Crippen LogP contribution in [0, 0.1) is 0 Å². The van der Waals surface area contributed by atoms with Crippen LogP contribution in [0.3, 0.4) is 0 Å². The van der Waals surface area contributed by atoms with E-state index in [4.69, 9.17) is 20.1 Å². The Labute approximate surface area is 68.7 Å². The molecule has 0 fully saturated rings. The first-order valence-corrected chi connectivity index (χ1v) is 6.83. The standard InChI is InChI=1S/C5H16BNO3Si/c1-11(2,5-3-4-7)10-6(8)9/h8-9H,3-5,7H2,1-2H3. The first-order chi connectivity index (χ1) is 4.98. The third-order valence-electron chi connectivity index (χ3n) is 1.41. The van der Waals surface area contributed by atoms with Gasteiger partial charge in [-0.25, -0.2) is 0 Å². The molecule has 6 heteroatoms. The number of nitrogens with two attached hydrogens (primary N) is 1. The van der Waals surface area contributed by atoms with Crippen molar-refractivity contribution in [2.24, 2.45) is 5.73 Å². The summed E-state index contributed by atoms with van der Waals surface area (Å²) in [4.78, 5) is 0. The molecule has 0 saturated heterocycles. The molecule has 0 aliphatic rings. The highest BCUT2D eigenvalue weighted by atomic mass is 28.4. The van der Waals surface area contributed by atoms with Crippen molar-refractivity contribution in [3.8, 4) is 0 Å². The maximum Gasteiger partial charge on any atom is 0.622 e. The van der Waals surface area contributed by atoms with Crippen molar-refractivity contribution >= 4 is 15.6 Å². The molecule has 4 nitrogen and oxygen atoms in total. The summed E-state index contributed by atoms with van der Waals surface area (Å²) in [5, 5.41) is 17.0. The van der Waals surface area contributed by atoms with E-state index in [0.717, 1.165) is 12.5 Å². The van der Waals surface area contributed by atoms with Crippen molar-refractivity contribution < 1.29 is 14.4 Å². The van der Waals surface area contributed by atoms with E-state index in [1.807, 2.05) is 13.1 Å². The maximum atomic E-state index is 8.52. The highest BCUT2D eigenvalue weighted by Gasteiger charge is 2.26. The van der Waals surface area contributed by atoms with Crippen LogP contribution in [0.1, 0.15) is 6.42 Å². The minimum absolute atomic E-state index is 0.626. The molecule has 0 aromatic carbocycles. The summed E-state index contributed by atoms with van der Waals surface area (Å²) in [6, 6.07) is 0.862. The molecule has 0 heterocycles. The van der Waals surface area contributed by atoms with Crippen LogP contribution in [-0.4, -0.2) is 32.2 Å². The fourth-order valence-corrected chi connectivity index (χ4v) is 2.62. The zero-order valence-electron chi connectivity index (χ0n) is 7.08. The van der Waals surface area contributed by atoms with Gasteiger partial charge in [-0.05, 0) is 32.1 Å². The van der Waals surface area contributed by atoms with Gasteiger partial charge in [-0.1, -0.05) is 0 Å². The molecule has 0 atom stereocenters. The Morgan fingerprint density at radius 3 is 2.36 bits per heavy atom. The van der Waals surface area contributed by atoms with Crippen molar-refractivity contribution in [3.05, 3.63) is 0 Å². The first kappa shape index (κ1) is 11.1. The molecular formula is C5H16BNO3Si. The molecule has 0 aliphatic heterocycles. The van der Waals surface area contributed by atoms with E-state index in [1.165, 1.54) is 0 Å². The Hall–Kier alpha value is 0.122. The van der Waals surface area contributed by atoms with Crippen molar-refractivity contribution in [2.75, 3.05) is 6.54 Å². The highest BCUT2D eigenvalue weighted by molar-refractivity contribution is 6.75. The Morgan fingerprint density at radius 2 is 2.00 bits per heavy atom. The molecular weight excluding hydrogens is 161 g/mol. The normalized spacial score (nSPS) is 11.7. The van der Waals surface area contributed by atoms with Crippen molar-refractivity contribution in [2.45, 2.75) is 25.6 Å². The van der Waals surface area contributed by atoms with E-state index in [9.17, 15) is 0 Å². The molecule has 0 aromatic heterocycles. The van der Waals surface area contributed by atoms with E-state index in [-0.39, 0.29) is 0 Å². The third kappa shape index (κ3) is 6.52. The topological polar surface area (TPSA) is 75.7 Å². The van der Waals surface area contributed by atoms with Gasteiger partial charge in [0, 0.05) is 0 Å². The quantitative estimate of drug-likeness (QED) is 0.496. The van der Waals surface area contributed by atoms with Gasteiger partial charge in [0.05, 0.1) is 0 Å². The second-order valence-corrected chi connectivity index (χ2v) is 7.35. The fourth-order valence-electron chi connectivity index (χ4n) is 0.872. The van der Waals surface area contributed by atoms with Crippen LogP contribution in [0.4, 0.5) is 0 Å². The third-order valence-corrected chi connectivity index (χ3v) is 3.81. The van der Waals surface area contributed by atoms with E-state index < -0.39 is 15.6 Å². The number of rotatable bonds is 5. The highest BCUT2D eigenvalue weighted by Crippen LogP contribution is 2.12. The first-order valence-electron chi connectivity index (χ1n) is 3.72. The Balaban J connectivity index is 3.61. The lowest BCUT2D eigenvalue weighted by Gasteiger charge is -2.22. The SMILES string of the molecule is C[Si](C)(CCCN)OB(O)O. The molecule has 0 bridgehead atoms. The van der Waals surface area contributed by atoms with E-state index >= 15 is 0 Å². The van der Waals surface area contributed by atoms with Crippen LogP contribution in [0.25, 0.3) is 0 Å². The van der Waals surface area contributed by atoms with Crippen molar-refractivity contribution in [1.82, 2.24) is 0 Å². The van der Waals surface area contributed by atoms with Gasteiger partial charge in [-0.2, -0.15) is 0 Å². The van der Waals surface area contributed by atoms with Crippen molar-refractivity contribution in [3.63, 3.8) is 0 Å². The van der Waals surface area contributed by atoms with Gasteiger partial charge >= 0.3 is 7.32 Å². The molecule has 4 N–H and O–H groups in total. The van der Waals surface area contributed by atoms with Gasteiger partial charge in [0.15, 0.2) is 8.32 Å². The zero-order valence-corrected chi connectivity index (χ0v) is 8.08. The van der Waals surface area contributed by atoms with Crippen LogP contribution < -0.4 is 5.73 Å². The molecule has 0 unspecified atom stereocenters. The zero-order chi connectivity index (χ0) is 8.91. The summed E-state index contributed by atoms with van der Waals surface area (Å²) >= 11 is 0. The average molecular weight is 177 g/mol. The summed E-state index contributed by atoms with van der Waals surface area (Å²) in [5.74, 6) is 0. The van der Waals surface area contributed by atoms with E-state index in [0.29, 0.717) is 6.54 Å². The largest absolute Gasteiger partial charge is 0.622 e. The Morgan fingerprint density at radius 1 is 1.45 bits per heavy atom. The van der Waals surface area contributed by atoms with Crippen LogP contribution in [0.15, 0.2) is 0 Å². The van der Waals surface area contributed by atoms with Gasteiger partial charge in [-0.3, -0.25) is 0 Å². The minimum Gasteiger partial charge on any atom is -0.428 e. The maximum absolute atomic E-state index is 8.52. The molecule has 0 aliphatic carbocycles. The molecule has 0 saturated carbocycles. The summed E-state index contributed by atoms with van der Waals surface area (Å²) < 4.78 is 4.93. The smallest absolute Gasteiger partial charge is 0.428 e. The summed E-state index contributed by atoms with van der Waals surface area (Å²) in [7, 11) is -3.50. The van der Waals surface area contributed by atoms with Crippen LogP contribution in [-0.2, 0) is 4.34 Å². The summed E-state index contributed by atoms with van der Waals surface area (Å²) in [6.45, 7) is 4.49. The van der Waals surface area contributed by atoms with Crippen LogP contribution >= 0.6 is 0 Å². The molecule has 11 heavy (non-hydrogen) atoms. The number of hydrogen-bond acceptors (Lipinski definition) is 4. The lowest BCUT2D eigenvalue weighted by atomic mass is 10.3. The van der Waals surface area contributed by atoms with Gasteiger partial charge in [0.1, 0.15) is 0 Å². The number of hydrogen-bond donors (Lipinski definition) is 3. The van der Waals surface area contributed by atoms with Gasteiger partial charge in [0.2, 0.25) is 0 Å². The van der Waals surface area contributed by atoms with Gasteiger partial charge in [0.25, 0.3) is 0 Å². The van der Waals surface area contributed by atoms with E-state index in [2.05, 4.69) is 0 Å². The second-order valence-electron chi connectivity index (χ2n) is 3.10. The molecule has 0 radical (unpaired) electrons. The van der Waals surface area contributed by atoms with Gasteiger partial charge in [-0.15, -0.1) is 0 Å². The molecule has 66 valence electrons. The average Bonchev–Trinajstić information content (AvgIpc) is 1.81. The lowest BCUT2D eigenvalue weighted by molar-refractivity contribution is 0.283. The van der Waals surface area contributed by atoms with Crippen LogP contribution in [0.2, 0.25) is 19.1 Å². The van der Waals surface area contributed by atoms with Crippen molar-refractivity contribution in [1.29, 1.82) is 0 Å². The van der Waals surface area contributed by atoms with Gasteiger partial charge < -0.3 is 20.1 Å². The monoisotopic (exact) mass is 177 g/mol. The predicted octanol–water partition coefficient (Wildman–Crippen LogP) is -0.474. The minimum atomic E-state index is -1.87. The molecule has 0 amide bonds. The molecule has 0 rings (SSSR count). The second kappa shape index (κ2) is 4.89. The Bertz CT molecular complexity index is 112. The van der Waals surface area contributed by atoms with E-state index in [1.54, 1.807) is 0 Å². The lowest BCUT2D eigenvalue weighted by Crippen LogP contribution is -2.38. The van der Waals surface area contributed by atoms with Crippen LogP contribution in [0.5, 0.6) is 0 Å². The predicted molar refractivity (Wildman–Crippen MR) is 47.2 cm³/mol. The summed E-state index contributed by atoms with van der Waals surface area (Å²) in [5.41, 5.74) is 5.31. The molecule has 0 spiro atoms. The molecule has 0 aromatic rings.